The van der Waals surface area contributed by atoms with E-state index in [0.29, 0.717) is 0 Å². The number of hydrogen-bond acceptors (Lipinski definition) is 2. The van der Waals surface area contributed by atoms with Crippen molar-refractivity contribution >= 4 is 25.3 Å². The quantitative estimate of drug-likeness (QED) is 0.659. The average molecular weight is 233 g/mol. The first-order chi connectivity index (χ1) is 5.87. The summed E-state index contributed by atoms with van der Waals surface area (Å²) in [6.45, 7) is 17.6. The summed E-state index contributed by atoms with van der Waals surface area (Å²) in [4.78, 5) is 0. The van der Waals surface area contributed by atoms with E-state index in [2.05, 4.69) is 48.5 Å². The van der Waals surface area contributed by atoms with Gasteiger partial charge in [0.25, 0.3) is 0 Å². The van der Waals surface area contributed by atoms with Crippen LogP contribution in [0.1, 0.15) is 13.8 Å². The van der Waals surface area contributed by atoms with Crippen molar-refractivity contribution in [2.45, 2.75) is 40.0 Å². The van der Waals surface area contributed by atoms with Crippen LogP contribution < -0.4 is 0 Å². The molecule has 0 aliphatic carbocycles. The Kier molecular flexibility index (Phi) is 3.24. The summed E-state index contributed by atoms with van der Waals surface area (Å²) < 4.78 is 5.78. The minimum absolute atomic E-state index is 0.0471. The van der Waals surface area contributed by atoms with Crippen LogP contribution in [0.2, 0.25) is 26.2 Å². The molecule has 0 spiro atoms. The number of hydrogen-bond donors (Lipinski definition) is 0. The zero-order valence-corrected chi connectivity index (χ0v) is 13.4. The Bertz CT molecular complexity index is 174. The second-order valence-corrected chi connectivity index (χ2v) is 22.9. The van der Waals surface area contributed by atoms with Crippen LogP contribution in [-0.4, -0.2) is 46.9 Å². The van der Waals surface area contributed by atoms with Crippen LogP contribution in [-0.2, 0) is 0 Å². The first-order valence-corrected chi connectivity index (χ1v) is 13.5. The highest BCUT2D eigenvalue weighted by Crippen LogP contribution is 2.31. The molecule has 0 N–H and O–H groups in total. The molecule has 5 heteroatoms. The van der Waals surface area contributed by atoms with Crippen LogP contribution in [0, 0.1) is 0 Å². The molecule has 1 rings (SSSR count). The van der Waals surface area contributed by atoms with E-state index in [0.717, 1.165) is 0 Å². The van der Waals surface area contributed by atoms with Crippen LogP contribution >= 0.6 is 0 Å². The van der Waals surface area contributed by atoms with Crippen molar-refractivity contribution in [3.8, 4) is 0 Å². The Morgan fingerprint density at radius 1 is 0.846 bits per heavy atom. The highest BCUT2D eigenvalue weighted by Gasteiger charge is 2.54. The smallest absolute Gasteiger partial charge is 0.159 e. The maximum Gasteiger partial charge on any atom is 0.159 e. The van der Waals surface area contributed by atoms with Crippen molar-refractivity contribution in [3.05, 3.63) is 0 Å². The maximum atomic E-state index is 2.89. The Morgan fingerprint density at radius 2 is 1.15 bits per heavy atom. The summed E-state index contributed by atoms with van der Waals surface area (Å²) in [6, 6.07) is 0. The lowest BCUT2D eigenvalue weighted by Gasteiger charge is -2.39. The molecule has 1 saturated heterocycles. The molecule has 1 aliphatic rings. The summed E-state index contributed by atoms with van der Waals surface area (Å²) in [6.07, 6.45) is 0. The molecule has 1 heterocycles. The Balaban J connectivity index is 2.93. The maximum absolute atomic E-state index is 2.89. The van der Waals surface area contributed by atoms with E-state index in [1.54, 1.807) is 0 Å². The molecule has 13 heavy (non-hydrogen) atoms. The molecular formula is C8H24N2Si3. The van der Waals surface area contributed by atoms with Crippen molar-refractivity contribution < 1.29 is 0 Å². The summed E-state index contributed by atoms with van der Waals surface area (Å²) in [5.74, 6) is 0. The van der Waals surface area contributed by atoms with Gasteiger partial charge in [0, 0.05) is 0 Å². The average Bonchev–Trinajstić information content (AvgIpc) is 2.20. The van der Waals surface area contributed by atoms with Crippen LogP contribution in [0.25, 0.3) is 0 Å². The van der Waals surface area contributed by atoms with Crippen molar-refractivity contribution in [3.63, 3.8) is 0 Å². The lowest BCUT2D eigenvalue weighted by atomic mass is 10.8. The van der Waals surface area contributed by atoms with Gasteiger partial charge in [-0.05, 0) is 13.1 Å². The molecule has 0 bridgehead atoms. The minimum atomic E-state index is -1.02. The van der Waals surface area contributed by atoms with E-state index >= 15 is 0 Å². The third-order valence-electron chi connectivity index (χ3n) is 4.18. The predicted octanol–water partition coefficient (Wildman–Crippen LogP) is 1.13. The second kappa shape index (κ2) is 3.62. The van der Waals surface area contributed by atoms with Gasteiger partial charge in [0.1, 0.15) is 15.5 Å². The van der Waals surface area contributed by atoms with Crippen LogP contribution in [0.4, 0.5) is 0 Å². The van der Waals surface area contributed by atoms with Gasteiger partial charge in [0.05, 0.1) is 0 Å². The number of rotatable bonds is 2. The first-order valence-electron chi connectivity index (χ1n) is 5.38. The van der Waals surface area contributed by atoms with Crippen LogP contribution in [0.3, 0.4) is 0 Å². The van der Waals surface area contributed by atoms with Gasteiger partial charge in [-0.1, -0.05) is 40.0 Å². The third-order valence-corrected chi connectivity index (χ3v) is 30.9. The molecule has 0 amide bonds. The topological polar surface area (TPSA) is 6.48 Å². The van der Waals surface area contributed by atoms with E-state index in [9.17, 15) is 0 Å². The molecule has 1 fully saturated rings. The zero-order valence-electron chi connectivity index (χ0n) is 10.0. The fourth-order valence-corrected chi connectivity index (χ4v) is 24.4. The van der Waals surface area contributed by atoms with Gasteiger partial charge in [-0.15, -0.1) is 0 Å². The Hall–Kier alpha value is 0.571. The molecule has 78 valence electrons. The lowest BCUT2D eigenvalue weighted by molar-refractivity contribution is 0.628. The van der Waals surface area contributed by atoms with E-state index in [1.165, 1.54) is 13.1 Å². The van der Waals surface area contributed by atoms with Gasteiger partial charge in [0.2, 0.25) is 0 Å². The van der Waals surface area contributed by atoms with Crippen molar-refractivity contribution in [2.24, 2.45) is 0 Å². The van der Waals surface area contributed by atoms with Gasteiger partial charge in [0.15, 0.2) is 9.84 Å². The van der Waals surface area contributed by atoms with Gasteiger partial charge in [-0.2, -0.15) is 0 Å². The predicted molar refractivity (Wildman–Crippen MR) is 68.3 cm³/mol. The SMILES string of the molecule is CCN1[SiH2]N(CC)[Si](C)(C)[Si]1(C)C. The standard InChI is InChI=1S/C8H24N2Si3/c1-7-9-11-10(8-2)13(5,6)12(9,3)4/h7-8,11H2,1-6H3. The molecule has 2 nitrogen and oxygen atoms in total. The molecule has 0 aromatic carbocycles. The molecule has 0 saturated carbocycles. The zero-order chi connectivity index (χ0) is 10.3. The normalized spacial score (nSPS) is 28.2. The Labute approximate surface area is 87.3 Å². The molecule has 0 radical (unpaired) electrons. The minimum Gasteiger partial charge on any atom is -0.340 e. The van der Waals surface area contributed by atoms with E-state index < -0.39 is 15.5 Å². The van der Waals surface area contributed by atoms with E-state index in [4.69, 9.17) is 0 Å². The summed E-state index contributed by atoms with van der Waals surface area (Å²) >= 11 is 0. The van der Waals surface area contributed by atoms with Crippen molar-refractivity contribution in [1.29, 1.82) is 0 Å². The molecule has 0 atom stereocenters. The van der Waals surface area contributed by atoms with Gasteiger partial charge in [-0.3, -0.25) is 0 Å². The van der Waals surface area contributed by atoms with Gasteiger partial charge >= 0.3 is 0 Å². The van der Waals surface area contributed by atoms with Gasteiger partial charge in [-0.25, -0.2) is 0 Å². The molecule has 0 aromatic rings. The Morgan fingerprint density at radius 3 is 1.31 bits per heavy atom. The highest BCUT2D eigenvalue weighted by molar-refractivity contribution is 7.42. The molecule has 1 aliphatic heterocycles. The largest absolute Gasteiger partial charge is 0.340 e. The second-order valence-electron chi connectivity index (χ2n) is 4.97. The third kappa shape index (κ3) is 1.61. The first kappa shape index (κ1) is 11.6. The molecule has 0 aromatic heterocycles. The lowest BCUT2D eigenvalue weighted by Crippen LogP contribution is -2.63. The molecule has 0 unspecified atom stereocenters. The molecular weight excluding hydrogens is 208 g/mol. The van der Waals surface area contributed by atoms with Gasteiger partial charge < -0.3 is 8.46 Å². The summed E-state index contributed by atoms with van der Waals surface area (Å²) in [5, 5.41) is 0. The van der Waals surface area contributed by atoms with Crippen LogP contribution in [0.5, 0.6) is 0 Å². The van der Waals surface area contributed by atoms with E-state index in [1.807, 2.05) is 0 Å². The monoisotopic (exact) mass is 232 g/mol. The summed E-state index contributed by atoms with van der Waals surface area (Å²) in [5.41, 5.74) is 0. The number of nitrogens with zero attached hydrogens (tertiary/aromatic N) is 2. The fourth-order valence-electron chi connectivity index (χ4n) is 2.32. The van der Waals surface area contributed by atoms with Crippen LogP contribution in [0.15, 0.2) is 0 Å². The van der Waals surface area contributed by atoms with Crippen molar-refractivity contribution in [2.75, 3.05) is 13.1 Å². The highest BCUT2D eigenvalue weighted by atomic mass is 29.3. The van der Waals surface area contributed by atoms with E-state index in [-0.39, 0.29) is 9.84 Å². The van der Waals surface area contributed by atoms with Crippen molar-refractivity contribution in [1.82, 2.24) is 8.46 Å². The summed E-state index contributed by atoms with van der Waals surface area (Å²) in [7, 11) is -2.09. The fraction of sp³-hybridized carbons (Fsp3) is 1.00.